The monoisotopic (exact) mass is 325 g/mol. The highest BCUT2D eigenvalue weighted by atomic mass is 35.5. The minimum Gasteiger partial charge on any atom is -0.253 e. The molecule has 3 aromatic rings. The fourth-order valence-electron chi connectivity index (χ4n) is 1.58. The van der Waals surface area contributed by atoms with Gasteiger partial charge in [-0.15, -0.1) is 15.0 Å². The zero-order chi connectivity index (χ0) is 14.1. The maximum atomic E-state index is 5.97. The van der Waals surface area contributed by atoms with Gasteiger partial charge in [0.25, 0.3) is 0 Å². The Hall–Kier alpha value is -1.69. The lowest BCUT2D eigenvalue weighted by Gasteiger charge is -2.03. The number of tetrazole rings is 1. The van der Waals surface area contributed by atoms with Gasteiger partial charge in [0.1, 0.15) is 5.69 Å². The number of benzene rings is 1. The van der Waals surface area contributed by atoms with E-state index in [9.17, 15) is 0 Å². The van der Waals surface area contributed by atoms with Gasteiger partial charge in [0.2, 0.25) is 5.82 Å². The van der Waals surface area contributed by atoms with Gasteiger partial charge in [-0.1, -0.05) is 40.9 Å². The van der Waals surface area contributed by atoms with Crippen molar-refractivity contribution < 1.29 is 0 Å². The van der Waals surface area contributed by atoms with E-state index in [1.165, 1.54) is 4.80 Å². The van der Waals surface area contributed by atoms with Crippen molar-refractivity contribution >= 4 is 34.8 Å². The van der Waals surface area contributed by atoms with E-state index in [-0.39, 0.29) is 0 Å². The fraction of sp³-hybridized carbons (Fsp3) is 0. The molecule has 0 amide bonds. The van der Waals surface area contributed by atoms with Crippen LogP contribution in [0.25, 0.3) is 17.2 Å². The highest BCUT2D eigenvalue weighted by molar-refractivity contribution is 6.48. The molecule has 8 heteroatoms. The van der Waals surface area contributed by atoms with Crippen LogP contribution in [0.5, 0.6) is 0 Å². The summed E-state index contributed by atoms with van der Waals surface area (Å²) in [7, 11) is 0. The summed E-state index contributed by atoms with van der Waals surface area (Å²) >= 11 is 17.8. The molecule has 0 bridgehead atoms. The van der Waals surface area contributed by atoms with Gasteiger partial charge in [-0.25, -0.2) is 0 Å². The number of halogens is 3. The summed E-state index contributed by atoms with van der Waals surface area (Å²) in [5, 5.41) is 13.1. The summed E-state index contributed by atoms with van der Waals surface area (Å²) in [4.78, 5) is 5.47. The van der Waals surface area contributed by atoms with Gasteiger partial charge in [0.05, 0.1) is 20.8 Å². The van der Waals surface area contributed by atoms with Crippen LogP contribution in [-0.2, 0) is 0 Å². The van der Waals surface area contributed by atoms with E-state index in [4.69, 9.17) is 34.8 Å². The number of hydrogen-bond donors (Lipinski definition) is 0. The molecule has 0 spiro atoms. The molecule has 100 valence electrons. The van der Waals surface area contributed by atoms with Crippen LogP contribution >= 0.6 is 34.8 Å². The Morgan fingerprint density at radius 1 is 1.00 bits per heavy atom. The molecule has 0 aliphatic carbocycles. The van der Waals surface area contributed by atoms with Gasteiger partial charge in [-0.05, 0) is 29.5 Å². The number of hydrogen-bond acceptors (Lipinski definition) is 4. The van der Waals surface area contributed by atoms with Crippen LogP contribution in [0.15, 0.2) is 36.5 Å². The van der Waals surface area contributed by atoms with Gasteiger partial charge in [0.15, 0.2) is 0 Å². The molecule has 0 fully saturated rings. The normalized spacial score (nSPS) is 10.8. The summed E-state index contributed by atoms with van der Waals surface area (Å²) in [5.74, 6) is 0.410. The summed E-state index contributed by atoms with van der Waals surface area (Å²) in [6.07, 6.45) is 1.66. The Morgan fingerprint density at radius 3 is 2.40 bits per heavy atom. The van der Waals surface area contributed by atoms with Gasteiger partial charge >= 0.3 is 0 Å². The molecule has 20 heavy (non-hydrogen) atoms. The van der Waals surface area contributed by atoms with Gasteiger partial charge in [0, 0.05) is 6.20 Å². The molecule has 0 saturated heterocycles. The third-order valence-electron chi connectivity index (χ3n) is 2.51. The van der Waals surface area contributed by atoms with Crippen molar-refractivity contribution in [2.24, 2.45) is 0 Å². The molecule has 0 radical (unpaired) electrons. The fourth-order valence-corrected chi connectivity index (χ4v) is 2.16. The molecular weight excluding hydrogens is 321 g/mol. The number of aromatic nitrogens is 5. The zero-order valence-electron chi connectivity index (χ0n) is 9.83. The third-order valence-corrected chi connectivity index (χ3v) is 3.70. The lowest BCUT2D eigenvalue weighted by atomic mass is 10.3. The number of nitrogens with zero attached hydrogens (tertiary/aromatic N) is 5. The van der Waals surface area contributed by atoms with Crippen molar-refractivity contribution in [1.29, 1.82) is 0 Å². The van der Waals surface area contributed by atoms with Crippen LogP contribution < -0.4 is 0 Å². The summed E-state index contributed by atoms with van der Waals surface area (Å²) in [6.45, 7) is 0. The van der Waals surface area contributed by atoms with Crippen LogP contribution in [0, 0.1) is 0 Å². The SMILES string of the molecule is Clc1cc(-n2nnc(-c3ccccn3)n2)cc(Cl)c1Cl. The zero-order valence-corrected chi connectivity index (χ0v) is 12.1. The van der Waals surface area contributed by atoms with E-state index in [0.717, 1.165) is 0 Å². The highest BCUT2D eigenvalue weighted by Gasteiger charge is 2.11. The van der Waals surface area contributed by atoms with Crippen LogP contribution in [0.3, 0.4) is 0 Å². The number of pyridine rings is 1. The molecule has 3 rings (SSSR count). The first kappa shape index (κ1) is 13.3. The van der Waals surface area contributed by atoms with E-state index in [2.05, 4.69) is 20.4 Å². The van der Waals surface area contributed by atoms with E-state index in [0.29, 0.717) is 32.3 Å². The van der Waals surface area contributed by atoms with Crippen LogP contribution in [0.2, 0.25) is 15.1 Å². The van der Waals surface area contributed by atoms with E-state index in [1.54, 1.807) is 24.4 Å². The maximum absolute atomic E-state index is 5.97. The van der Waals surface area contributed by atoms with E-state index in [1.807, 2.05) is 12.1 Å². The van der Waals surface area contributed by atoms with Gasteiger partial charge in [-0.3, -0.25) is 4.98 Å². The molecule has 0 unspecified atom stereocenters. The Bertz CT molecular complexity index is 734. The molecule has 0 N–H and O–H groups in total. The van der Waals surface area contributed by atoms with Crippen LogP contribution in [-0.4, -0.2) is 25.2 Å². The van der Waals surface area contributed by atoms with Crippen molar-refractivity contribution in [2.75, 3.05) is 0 Å². The van der Waals surface area contributed by atoms with Crippen molar-refractivity contribution in [3.05, 3.63) is 51.6 Å². The average Bonchev–Trinajstić information content (AvgIpc) is 2.95. The van der Waals surface area contributed by atoms with Crippen molar-refractivity contribution in [3.8, 4) is 17.2 Å². The molecule has 2 heterocycles. The summed E-state index contributed by atoms with van der Waals surface area (Å²) < 4.78 is 0. The molecule has 0 atom stereocenters. The summed E-state index contributed by atoms with van der Waals surface area (Å²) in [5.41, 5.74) is 1.20. The minimum atomic E-state index is 0.294. The maximum Gasteiger partial charge on any atom is 0.223 e. The third kappa shape index (κ3) is 2.47. The lowest BCUT2D eigenvalue weighted by molar-refractivity contribution is 0.720. The van der Waals surface area contributed by atoms with Gasteiger partial charge in [-0.2, -0.15) is 0 Å². The Labute approximate surface area is 129 Å². The first-order valence-electron chi connectivity index (χ1n) is 5.51. The van der Waals surface area contributed by atoms with Crippen LogP contribution in [0.1, 0.15) is 0 Å². The Kier molecular flexibility index (Phi) is 3.56. The van der Waals surface area contributed by atoms with Crippen molar-refractivity contribution in [1.82, 2.24) is 25.2 Å². The predicted octanol–water partition coefficient (Wildman–Crippen LogP) is 3.68. The quantitative estimate of drug-likeness (QED) is 0.674. The molecule has 0 aliphatic rings. The first-order valence-corrected chi connectivity index (χ1v) is 6.65. The molecule has 0 aliphatic heterocycles. The van der Waals surface area contributed by atoms with E-state index < -0.39 is 0 Å². The van der Waals surface area contributed by atoms with Crippen molar-refractivity contribution in [3.63, 3.8) is 0 Å². The topological polar surface area (TPSA) is 56.5 Å². The second kappa shape index (κ2) is 5.36. The van der Waals surface area contributed by atoms with Crippen LogP contribution in [0.4, 0.5) is 0 Å². The predicted molar refractivity (Wildman–Crippen MR) is 77.4 cm³/mol. The second-order valence-electron chi connectivity index (χ2n) is 3.84. The Morgan fingerprint density at radius 2 is 1.75 bits per heavy atom. The number of rotatable bonds is 2. The average molecular weight is 327 g/mol. The van der Waals surface area contributed by atoms with Gasteiger partial charge < -0.3 is 0 Å². The minimum absolute atomic E-state index is 0.294. The highest BCUT2D eigenvalue weighted by Crippen LogP contribution is 2.32. The lowest BCUT2D eigenvalue weighted by Crippen LogP contribution is -1.99. The smallest absolute Gasteiger partial charge is 0.223 e. The molecule has 5 nitrogen and oxygen atoms in total. The van der Waals surface area contributed by atoms with Crippen molar-refractivity contribution in [2.45, 2.75) is 0 Å². The first-order chi connectivity index (χ1) is 9.65. The molecule has 2 aromatic heterocycles. The molecule has 1 aromatic carbocycles. The second-order valence-corrected chi connectivity index (χ2v) is 5.03. The molecule has 0 saturated carbocycles. The standard InChI is InChI=1S/C12H6Cl3N5/c13-8-5-7(6-9(14)11(8)15)20-18-12(17-19-20)10-3-1-2-4-16-10/h1-6H. The van der Waals surface area contributed by atoms with E-state index >= 15 is 0 Å². The summed E-state index contributed by atoms with van der Waals surface area (Å²) in [6, 6.07) is 8.67. The Balaban J connectivity index is 2.03. The molecular formula is C12H6Cl3N5. The largest absolute Gasteiger partial charge is 0.253 e.